The number of benzene rings is 2. The average Bonchev–Trinajstić information content (AvgIpc) is 3.22. The van der Waals surface area contributed by atoms with Gasteiger partial charge in [0.15, 0.2) is 11.6 Å². The molecule has 0 saturated carbocycles. The number of aromatic nitrogens is 5. The molecule has 0 aliphatic heterocycles. The predicted octanol–water partition coefficient (Wildman–Crippen LogP) is 5.30. The van der Waals surface area contributed by atoms with E-state index in [0.717, 1.165) is 16.5 Å². The van der Waals surface area contributed by atoms with Crippen LogP contribution in [0.4, 0.5) is 16.0 Å². The normalized spacial score (nSPS) is 11.0. The van der Waals surface area contributed by atoms with E-state index in [1.165, 1.54) is 0 Å². The minimum Gasteiger partial charge on any atom is -0.323 e. The van der Waals surface area contributed by atoms with Gasteiger partial charge in [-0.3, -0.25) is 10.1 Å². The number of anilines is 2. The smallest absolute Gasteiger partial charge is 0.162 e. The zero-order chi connectivity index (χ0) is 20.3. The van der Waals surface area contributed by atoms with Crippen LogP contribution in [0.25, 0.3) is 33.5 Å². The van der Waals surface area contributed by atoms with E-state index in [-0.39, 0.29) is 0 Å². The number of halogens is 1. The number of rotatable bonds is 5. The molecule has 0 atom stereocenters. The fourth-order valence-electron chi connectivity index (χ4n) is 3.34. The highest BCUT2D eigenvalue weighted by Crippen LogP contribution is 2.29. The van der Waals surface area contributed by atoms with Crippen molar-refractivity contribution >= 4 is 22.5 Å². The molecule has 30 heavy (non-hydrogen) atoms. The number of nitrogens with one attached hydrogen (secondary N) is 2. The Morgan fingerprint density at radius 2 is 1.70 bits per heavy atom. The van der Waals surface area contributed by atoms with Crippen molar-refractivity contribution in [3.8, 4) is 22.6 Å². The third-order valence-electron chi connectivity index (χ3n) is 4.82. The number of hydrogen-bond acceptors (Lipinski definition) is 5. The summed E-state index contributed by atoms with van der Waals surface area (Å²) < 4.78 is 13.6. The number of alkyl halides is 1. The Labute approximate surface area is 171 Å². The molecule has 5 aromatic rings. The average molecular weight is 396 g/mol. The van der Waals surface area contributed by atoms with Crippen LogP contribution in [0.3, 0.4) is 0 Å². The topological polar surface area (TPSA) is 79.4 Å². The van der Waals surface area contributed by atoms with Crippen LogP contribution >= 0.6 is 0 Å². The minimum atomic E-state index is -0.591. The summed E-state index contributed by atoms with van der Waals surface area (Å²) >= 11 is 0. The van der Waals surface area contributed by atoms with E-state index in [2.05, 4.69) is 25.5 Å². The van der Waals surface area contributed by atoms with Gasteiger partial charge in [-0.05, 0) is 29.8 Å². The standard InChI is InChI=1S/C23H17FN6/c24-14-16-5-1-2-6-17(16)22-26-20(15-9-11-25-12-10-15)13-21(27-22)28-23-18-7-3-4-8-19(18)29-30-23/h1-13H,14H2,(H2,26,27,28,29,30). The van der Waals surface area contributed by atoms with Crippen molar-refractivity contribution in [2.75, 3.05) is 5.32 Å². The molecule has 0 radical (unpaired) electrons. The summed E-state index contributed by atoms with van der Waals surface area (Å²) in [5.74, 6) is 1.67. The number of pyridine rings is 1. The molecule has 0 unspecified atom stereocenters. The molecule has 2 N–H and O–H groups in total. The highest BCUT2D eigenvalue weighted by Gasteiger charge is 2.13. The van der Waals surface area contributed by atoms with Crippen LogP contribution in [0.1, 0.15) is 5.56 Å². The minimum absolute atomic E-state index is 0.444. The third-order valence-corrected chi connectivity index (χ3v) is 4.82. The second-order valence-corrected chi connectivity index (χ2v) is 6.73. The lowest BCUT2D eigenvalue weighted by atomic mass is 10.1. The van der Waals surface area contributed by atoms with Crippen molar-refractivity contribution in [2.24, 2.45) is 0 Å². The molecule has 146 valence electrons. The number of aromatic amines is 1. The van der Waals surface area contributed by atoms with Gasteiger partial charge in [-0.1, -0.05) is 36.4 Å². The van der Waals surface area contributed by atoms with Crippen LogP contribution in [0.5, 0.6) is 0 Å². The molecule has 0 aliphatic carbocycles. The van der Waals surface area contributed by atoms with E-state index in [1.807, 2.05) is 54.6 Å². The first kappa shape index (κ1) is 17.9. The predicted molar refractivity (Wildman–Crippen MR) is 115 cm³/mol. The summed E-state index contributed by atoms with van der Waals surface area (Å²) in [5.41, 5.74) is 3.72. The fraction of sp³-hybridized carbons (Fsp3) is 0.0435. The molecule has 7 heteroatoms. The summed E-state index contributed by atoms with van der Waals surface area (Å²) in [6.07, 6.45) is 3.42. The molecule has 0 amide bonds. The summed E-state index contributed by atoms with van der Waals surface area (Å²) in [6, 6.07) is 20.7. The third kappa shape index (κ3) is 3.37. The molecular formula is C23H17FN6. The van der Waals surface area contributed by atoms with Crippen LogP contribution in [-0.2, 0) is 6.67 Å². The monoisotopic (exact) mass is 396 g/mol. The number of nitrogens with zero attached hydrogens (tertiary/aromatic N) is 4. The SMILES string of the molecule is FCc1ccccc1-c1nc(Nc2n[nH]c3ccccc23)cc(-c2ccncc2)n1. The first-order chi connectivity index (χ1) is 14.8. The second-order valence-electron chi connectivity index (χ2n) is 6.73. The van der Waals surface area contributed by atoms with E-state index in [1.54, 1.807) is 24.5 Å². The molecular weight excluding hydrogens is 379 g/mol. The van der Waals surface area contributed by atoms with E-state index in [4.69, 9.17) is 4.98 Å². The van der Waals surface area contributed by atoms with E-state index in [0.29, 0.717) is 34.3 Å². The van der Waals surface area contributed by atoms with Crippen molar-refractivity contribution in [2.45, 2.75) is 6.67 Å². The summed E-state index contributed by atoms with van der Waals surface area (Å²) in [7, 11) is 0. The lowest BCUT2D eigenvalue weighted by Gasteiger charge is -2.11. The Kier molecular flexibility index (Phi) is 4.61. The van der Waals surface area contributed by atoms with Crippen LogP contribution in [0.15, 0.2) is 79.1 Å². The highest BCUT2D eigenvalue weighted by atomic mass is 19.1. The summed E-state index contributed by atoms with van der Waals surface area (Å²) in [6.45, 7) is -0.591. The van der Waals surface area contributed by atoms with Crippen LogP contribution in [-0.4, -0.2) is 25.1 Å². The van der Waals surface area contributed by atoms with Crippen molar-refractivity contribution in [1.82, 2.24) is 25.1 Å². The van der Waals surface area contributed by atoms with Gasteiger partial charge in [0.05, 0.1) is 11.2 Å². The summed E-state index contributed by atoms with van der Waals surface area (Å²) in [5, 5.41) is 11.6. The largest absolute Gasteiger partial charge is 0.323 e. The second kappa shape index (κ2) is 7.71. The summed E-state index contributed by atoms with van der Waals surface area (Å²) in [4.78, 5) is 13.4. The number of H-pyrrole nitrogens is 1. The van der Waals surface area contributed by atoms with Crippen molar-refractivity contribution in [3.63, 3.8) is 0 Å². The molecule has 3 heterocycles. The number of hydrogen-bond donors (Lipinski definition) is 2. The first-order valence-electron chi connectivity index (χ1n) is 9.45. The molecule has 0 fully saturated rings. The zero-order valence-corrected chi connectivity index (χ0v) is 15.9. The van der Waals surface area contributed by atoms with E-state index >= 15 is 0 Å². The van der Waals surface area contributed by atoms with Gasteiger partial charge < -0.3 is 5.32 Å². The Hall–Kier alpha value is -4.13. The van der Waals surface area contributed by atoms with Gasteiger partial charge in [0.2, 0.25) is 0 Å². The lowest BCUT2D eigenvalue weighted by molar-refractivity contribution is 0.486. The molecule has 2 aromatic carbocycles. The van der Waals surface area contributed by atoms with Gasteiger partial charge in [-0.25, -0.2) is 14.4 Å². The quantitative estimate of drug-likeness (QED) is 0.422. The van der Waals surface area contributed by atoms with Gasteiger partial charge in [0.25, 0.3) is 0 Å². The number of fused-ring (bicyclic) bond motifs is 1. The van der Waals surface area contributed by atoms with Gasteiger partial charge in [-0.2, -0.15) is 5.10 Å². The van der Waals surface area contributed by atoms with Crippen molar-refractivity contribution in [1.29, 1.82) is 0 Å². The van der Waals surface area contributed by atoms with Crippen LogP contribution in [0, 0.1) is 0 Å². The Balaban J connectivity index is 1.65. The Morgan fingerprint density at radius 3 is 2.57 bits per heavy atom. The molecule has 0 bridgehead atoms. The maximum absolute atomic E-state index is 13.6. The molecule has 0 spiro atoms. The number of para-hydroxylation sites is 1. The highest BCUT2D eigenvalue weighted by molar-refractivity contribution is 5.91. The van der Waals surface area contributed by atoms with Gasteiger partial charge in [0.1, 0.15) is 12.5 Å². The maximum Gasteiger partial charge on any atom is 0.162 e. The molecule has 0 aliphatic rings. The molecule has 0 saturated heterocycles. The molecule has 3 aromatic heterocycles. The zero-order valence-electron chi connectivity index (χ0n) is 15.9. The van der Waals surface area contributed by atoms with Crippen LogP contribution in [0.2, 0.25) is 0 Å². The van der Waals surface area contributed by atoms with Crippen molar-refractivity contribution in [3.05, 3.63) is 84.7 Å². The molecule has 5 rings (SSSR count). The lowest BCUT2D eigenvalue weighted by Crippen LogP contribution is -2.01. The van der Waals surface area contributed by atoms with E-state index < -0.39 is 6.67 Å². The Bertz CT molecular complexity index is 1320. The Morgan fingerprint density at radius 1 is 0.900 bits per heavy atom. The van der Waals surface area contributed by atoms with Gasteiger partial charge in [0, 0.05) is 35.0 Å². The van der Waals surface area contributed by atoms with E-state index in [9.17, 15) is 4.39 Å². The van der Waals surface area contributed by atoms with Crippen molar-refractivity contribution < 1.29 is 4.39 Å². The fourth-order valence-corrected chi connectivity index (χ4v) is 3.34. The first-order valence-corrected chi connectivity index (χ1v) is 9.45. The van der Waals surface area contributed by atoms with Gasteiger partial charge >= 0.3 is 0 Å². The molecule has 6 nitrogen and oxygen atoms in total. The van der Waals surface area contributed by atoms with Crippen LogP contribution < -0.4 is 5.32 Å². The van der Waals surface area contributed by atoms with Gasteiger partial charge in [-0.15, -0.1) is 0 Å². The maximum atomic E-state index is 13.6.